The highest BCUT2D eigenvalue weighted by atomic mass is 32.2. The minimum absolute atomic E-state index is 0.201. The molecule has 11 heteroatoms. The van der Waals surface area contributed by atoms with Gasteiger partial charge < -0.3 is 14.7 Å². The van der Waals surface area contributed by atoms with Gasteiger partial charge in [0, 0.05) is 30.2 Å². The van der Waals surface area contributed by atoms with Crippen LogP contribution >= 0.6 is 11.8 Å². The smallest absolute Gasteiger partial charge is 0.415 e. The van der Waals surface area contributed by atoms with E-state index in [1.807, 2.05) is 36.5 Å². The van der Waals surface area contributed by atoms with Gasteiger partial charge in [-0.05, 0) is 96.6 Å². The SMILES string of the molecule is Cc1cccnc1CCc1ccc(OC(=O)N2CCC(Sc3nnnn3-c3ccc(C(=O)O)cc3)CC2)cc1. The summed E-state index contributed by atoms with van der Waals surface area (Å²) in [5.41, 5.74) is 4.34. The van der Waals surface area contributed by atoms with E-state index in [0.29, 0.717) is 29.7 Å². The molecule has 0 saturated carbocycles. The summed E-state index contributed by atoms with van der Waals surface area (Å²) in [7, 11) is 0. The molecule has 1 fully saturated rings. The standard InChI is InChI=1S/C28H28N6O4S/c1-19-3-2-16-29-25(19)13-6-20-4-11-23(12-5-20)38-28(37)33-17-14-24(15-18-33)39-27-30-31-32-34(27)22-9-7-21(8-10-22)26(35)36/h2-5,7-12,16,24H,6,13-15,17-18H2,1H3,(H,35,36). The first kappa shape index (κ1) is 26.4. The molecule has 0 spiro atoms. The Labute approximate surface area is 230 Å². The largest absolute Gasteiger partial charge is 0.478 e. The van der Waals surface area contributed by atoms with Crippen LogP contribution in [0.5, 0.6) is 5.75 Å². The summed E-state index contributed by atoms with van der Waals surface area (Å²) < 4.78 is 7.22. The average molecular weight is 545 g/mol. The van der Waals surface area contributed by atoms with Gasteiger partial charge in [-0.1, -0.05) is 30.0 Å². The van der Waals surface area contributed by atoms with Crippen LogP contribution in [0.4, 0.5) is 4.79 Å². The van der Waals surface area contributed by atoms with E-state index >= 15 is 0 Å². The third-order valence-corrected chi connectivity index (χ3v) is 7.94. The first-order valence-corrected chi connectivity index (χ1v) is 13.6. The molecule has 1 aliphatic rings. The molecular formula is C28H28N6O4S. The number of likely N-dealkylation sites (tertiary alicyclic amines) is 1. The van der Waals surface area contributed by atoms with Crippen molar-refractivity contribution in [2.45, 2.75) is 43.0 Å². The van der Waals surface area contributed by atoms with E-state index in [9.17, 15) is 9.59 Å². The molecule has 2 aromatic carbocycles. The lowest BCUT2D eigenvalue weighted by atomic mass is 10.1. The normalized spacial score (nSPS) is 13.8. The number of benzene rings is 2. The predicted octanol–water partition coefficient (Wildman–Crippen LogP) is 4.60. The highest BCUT2D eigenvalue weighted by molar-refractivity contribution is 7.99. The lowest BCUT2D eigenvalue weighted by Crippen LogP contribution is -2.41. The number of aryl methyl sites for hydroxylation is 3. The van der Waals surface area contributed by atoms with Gasteiger partial charge in [-0.25, -0.2) is 9.59 Å². The van der Waals surface area contributed by atoms with Gasteiger partial charge in [0.05, 0.1) is 11.3 Å². The molecule has 1 amide bonds. The number of hydrogen-bond donors (Lipinski definition) is 1. The maximum atomic E-state index is 12.7. The number of tetrazole rings is 1. The quantitative estimate of drug-likeness (QED) is 0.339. The minimum atomic E-state index is -0.984. The first-order chi connectivity index (χ1) is 19.0. The monoisotopic (exact) mass is 544 g/mol. The molecule has 0 bridgehead atoms. The minimum Gasteiger partial charge on any atom is -0.478 e. The number of aromatic nitrogens is 5. The number of amides is 1. The summed E-state index contributed by atoms with van der Waals surface area (Å²) in [5, 5.41) is 21.9. The van der Waals surface area contributed by atoms with Crippen molar-refractivity contribution in [2.24, 2.45) is 0 Å². The lowest BCUT2D eigenvalue weighted by Gasteiger charge is -2.30. The van der Waals surface area contributed by atoms with Gasteiger partial charge in [-0.15, -0.1) is 5.10 Å². The number of rotatable bonds is 8. The number of aromatic carboxylic acids is 1. The zero-order valence-corrected chi connectivity index (χ0v) is 22.3. The van der Waals surface area contributed by atoms with Crippen LogP contribution < -0.4 is 4.74 Å². The molecule has 0 aliphatic carbocycles. The van der Waals surface area contributed by atoms with Crippen molar-refractivity contribution in [3.63, 3.8) is 0 Å². The summed E-state index contributed by atoms with van der Waals surface area (Å²) in [6.07, 6.45) is 4.75. The fourth-order valence-electron chi connectivity index (χ4n) is 4.40. The molecule has 200 valence electrons. The van der Waals surface area contributed by atoms with E-state index in [1.165, 1.54) is 17.7 Å². The van der Waals surface area contributed by atoms with Crippen molar-refractivity contribution in [1.29, 1.82) is 0 Å². The van der Waals surface area contributed by atoms with Gasteiger partial charge in [-0.2, -0.15) is 4.68 Å². The maximum absolute atomic E-state index is 12.7. The van der Waals surface area contributed by atoms with Gasteiger partial charge in [0.1, 0.15) is 5.75 Å². The van der Waals surface area contributed by atoms with Crippen molar-refractivity contribution in [1.82, 2.24) is 30.1 Å². The van der Waals surface area contributed by atoms with Crippen LogP contribution in [0.2, 0.25) is 0 Å². The molecular weight excluding hydrogens is 516 g/mol. The topological polar surface area (TPSA) is 123 Å². The van der Waals surface area contributed by atoms with Crippen molar-refractivity contribution >= 4 is 23.8 Å². The number of carbonyl (C=O) groups is 2. The molecule has 0 atom stereocenters. The second-order valence-corrected chi connectivity index (χ2v) is 10.6. The van der Waals surface area contributed by atoms with Crippen LogP contribution in [0, 0.1) is 6.92 Å². The highest BCUT2D eigenvalue weighted by Crippen LogP contribution is 2.30. The summed E-state index contributed by atoms with van der Waals surface area (Å²) in [5.74, 6) is -0.454. The summed E-state index contributed by atoms with van der Waals surface area (Å²) in [6, 6.07) is 18.1. The van der Waals surface area contributed by atoms with E-state index in [1.54, 1.807) is 33.5 Å². The number of carboxylic acids is 1. The summed E-state index contributed by atoms with van der Waals surface area (Å²) in [4.78, 5) is 30.0. The molecule has 10 nitrogen and oxygen atoms in total. The number of ether oxygens (including phenoxy) is 1. The zero-order valence-electron chi connectivity index (χ0n) is 21.4. The molecule has 4 aromatic rings. The zero-order chi connectivity index (χ0) is 27.2. The first-order valence-electron chi connectivity index (χ1n) is 12.7. The van der Waals surface area contributed by atoms with Crippen molar-refractivity contribution in [2.75, 3.05) is 13.1 Å². The Balaban J connectivity index is 1.10. The van der Waals surface area contributed by atoms with E-state index in [2.05, 4.69) is 33.5 Å². The Bertz CT molecular complexity index is 1430. The van der Waals surface area contributed by atoms with Gasteiger partial charge in [0.25, 0.3) is 0 Å². The molecule has 3 heterocycles. The molecule has 0 radical (unpaired) electrons. The third-order valence-electron chi connectivity index (χ3n) is 6.67. The summed E-state index contributed by atoms with van der Waals surface area (Å²) in [6.45, 7) is 3.22. The van der Waals surface area contributed by atoms with Crippen LogP contribution in [-0.2, 0) is 12.8 Å². The number of nitrogens with zero attached hydrogens (tertiary/aromatic N) is 6. The molecule has 39 heavy (non-hydrogen) atoms. The number of thioether (sulfide) groups is 1. The Kier molecular flexibility index (Phi) is 8.16. The second-order valence-electron chi connectivity index (χ2n) is 9.31. The van der Waals surface area contributed by atoms with Gasteiger partial charge in [0.15, 0.2) is 0 Å². The second kappa shape index (κ2) is 12.1. The third kappa shape index (κ3) is 6.61. The lowest BCUT2D eigenvalue weighted by molar-refractivity contribution is 0.0696. The van der Waals surface area contributed by atoms with Crippen molar-refractivity contribution in [3.05, 3.63) is 89.2 Å². The van der Waals surface area contributed by atoms with Crippen LogP contribution in [0.1, 0.15) is 40.0 Å². The molecule has 1 saturated heterocycles. The average Bonchev–Trinajstić information content (AvgIpc) is 3.42. The fraction of sp³-hybridized carbons (Fsp3) is 0.286. The summed E-state index contributed by atoms with van der Waals surface area (Å²) >= 11 is 1.55. The predicted molar refractivity (Wildman–Crippen MR) is 145 cm³/mol. The number of carboxylic acid groups (broad SMARTS) is 1. The van der Waals surface area contributed by atoms with Crippen molar-refractivity contribution < 1.29 is 19.4 Å². The van der Waals surface area contributed by atoms with Gasteiger partial charge in [-0.3, -0.25) is 4.98 Å². The van der Waals surface area contributed by atoms with Crippen LogP contribution in [0.3, 0.4) is 0 Å². The van der Waals surface area contributed by atoms with Crippen LogP contribution in [0.15, 0.2) is 72.0 Å². The Morgan fingerprint density at radius 3 is 2.46 bits per heavy atom. The fourth-order valence-corrected chi connectivity index (χ4v) is 5.47. The van der Waals surface area contributed by atoms with Gasteiger partial charge in [0.2, 0.25) is 5.16 Å². The molecule has 0 unspecified atom stereocenters. The van der Waals surface area contributed by atoms with Crippen LogP contribution in [-0.4, -0.2) is 65.6 Å². The number of piperidine rings is 1. The van der Waals surface area contributed by atoms with Crippen LogP contribution in [0.25, 0.3) is 5.69 Å². The maximum Gasteiger partial charge on any atom is 0.415 e. The Morgan fingerprint density at radius 2 is 1.77 bits per heavy atom. The Morgan fingerprint density at radius 1 is 1.03 bits per heavy atom. The molecule has 1 aliphatic heterocycles. The van der Waals surface area contributed by atoms with E-state index in [0.717, 1.165) is 36.9 Å². The van der Waals surface area contributed by atoms with Crippen molar-refractivity contribution in [3.8, 4) is 11.4 Å². The number of hydrogen-bond acceptors (Lipinski definition) is 8. The molecule has 5 rings (SSSR count). The van der Waals surface area contributed by atoms with E-state index < -0.39 is 5.97 Å². The molecule has 1 N–H and O–H groups in total. The van der Waals surface area contributed by atoms with Gasteiger partial charge >= 0.3 is 12.1 Å². The number of pyridine rings is 1. The van der Waals surface area contributed by atoms with E-state index in [4.69, 9.17) is 9.84 Å². The van der Waals surface area contributed by atoms with E-state index in [-0.39, 0.29) is 16.9 Å². The highest BCUT2D eigenvalue weighted by Gasteiger charge is 2.26. The number of carbonyl (C=O) groups excluding carboxylic acids is 1. The Hall–Kier alpha value is -4.25. The molecule has 2 aromatic heterocycles.